The molecule has 0 bridgehead atoms. The lowest BCUT2D eigenvalue weighted by Gasteiger charge is -2.09. The van der Waals surface area contributed by atoms with Crippen LogP contribution in [0.25, 0.3) is 0 Å². The first-order valence-corrected chi connectivity index (χ1v) is 7.53. The Labute approximate surface area is 124 Å². The molecule has 0 radical (unpaired) electrons. The molecule has 1 saturated carbocycles. The number of esters is 1. The van der Waals surface area contributed by atoms with Gasteiger partial charge in [-0.3, -0.25) is 4.68 Å². The zero-order chi connectivity index (χ0) is 14.7. The molecule has 0 unspecified atom stereocenters. The molecule has 1 aliphatic carbocycles. The minimum absolute atomic E-state index is 0.257. The highest BCUT2D eigenvalue weighted by molar-refractivity contribution is 5.90. The summed E-state index contributed by atoms with van der Waals surface area (Å²) in [7, 11) is 0. The minimum atomic E-state index is -0.257. The number of ether oxygens (including phenoxy) is 1. The number of carbonyl (C=O) groups excluding carboxylic acids is 1. The number of hydrogen-bond acceptors (Lipinski definition) is 3. The Balaban J connectivity index is 1.86. The van der Waals surface area contributed by atoms with Gasteiger partial charge in [-0.1, -0.05) is 30.3 Å². The van der Waals surface area contributed by atoms with Gasteiger partial charge in [-0.15, -0.1) is 0 Å². The SMILES string of the molecule is CCOC(=O)c1cnn(Cc2ccccc2)c1CC1CC1. The van der Waals surface area contributed by atoms with Crippen molar-refractivity contribution in [1.29, 1.82) is 0 Å². The highest BCUT2D eigenvalue weighted by Crippen LogP contribution is 2.33. The predicted molar refractivity (Wildman–Crippen MR) is 80.2 cm³/mol. The van der Waals surface area contributed by atoms with E-state index in [0.29, 0.717) is 24.6 Å². The van der Waals surface area contributed by atoms with Crippen molar-refractivity contribution in [2.24, 2.45) is 5.92 Å². The molecule has 1 heterocycles. The largest absolute Gasteiger partial charge is 0.462 e. The Bertz CT molecular complexity index is 615. The van der Waals surface area contributed by atoms with Crippen LogP contribution in [0.2, 0.25) is 0 Å². The van der Waals surface area contributed by atoms with E-state index in [9.17, 15) is 4.79 Å². The Morgan fingerprint density at radius 2 is 2.10 bits per heavy atom. The first-order chi connectivity index (χ1) is 10.3. The van der Waals surface area contributed by atoms with Crippen LogP contribution < -0.4 is 0 Å². The van der Waals surface area contributed by atoms with E-state index < -0.39 is 0 Å². The van der Waals surface area contributed by atoms with Crippen molar-refractivity contribution >= 4 is 5.97 Å². The summed E-state index contributed by atoms with van der Waals surface area (Å²) in [4.78, 5) is 12.1. The van der Waals surface area contributed by atoms with Gasteiger partial charge in [0.15, 0.2) is 0 Å². The van der Waals surface area contributed by atoms with Crippen LogP contribution in [0.4, 0.5) is 0 Å². The molecule has 2 aromatic rings. The van der Waals surface area contributed by atoms with Crippen LogP contribution in [-0.4, -0.2) is 22.4 Å². The minimum Gasteiger partial charge on any atom is -0.462 e. The van der Waals surface area contributed by atoms with Gasteiger partial charge in [-0.05, 0) is 37.7 Å². The lowest BCUT2D eigenvalue weighted by molar-refractivity contribution is 0.0525. The van der Waals surface area contributed by atoms with E-state index in [-0.39, 0.29) is 5.97 Å². The van der Waals surface area contributed by atoms with Gasteiger partial charge in [0.2, 0.25) is 0 Å². The molecule has 0 atom stereocenters. The molecule has 0 N–H and O–H groups in total. The van der Waals surface area contributed by atoms with Crippen molar-refractivity contribution in [2.45, 2.75) is 32.7 Å². The van der Waals surface area contributed by atoms with Crippen molar-refractivity contribution in [1.82, 2.24) is 9.78 Å². The number of rotatable bonds is 6. The van der Waals surface area contributed by atoms with E-state index in [2.05, 4.69) is 17.2 Å². The summed E-state index contributed by atoms with van der Waals surface area (Å²) < 4.78 is 7.09. The van der Waals surface area contributed by atoms with Crippen molar-refractivity contribution in [3.05, 3.63) is 53.3 Å². The fraction of sp³-hybridized carbons (Fsp3) is 0.412. The van der Waals surface area contributed by atoms with Crippen molar-refractivity contribution in [3.8, 4) is 0 Å². The van der Waals surface area contributed by atoms with Gasteiger partial charge < -0.3 is 4.74 Å². The highest BCUT2D eigenvalue weighted by Gasteiger charge is 2.27. The summed E-state index contributed by atoms with van der Waals surface area (Å²) in [6.45, 7) is 2.92. The highest BCUT2D eigenvalue weighted by atomic mass is 16.5. The summed E-state index contributed by atoms with van der Waals surface area (Å²) in [5.74, 6) is 0.442. The molecule has 1 aromatic heterocycles. The van der Waals surface area contributed by atoms with E-state index in [1.54, 1.807) is 6.20 Å². The predicted octanol–water partition coefficient (Wildman–Crippen LogP) is 3.06. The van der Waals surface area contributed by atoms with E-state index >= 15 is 0 Å². The monoisotopic (exact) mass is 284 g/mol. The quantitative estimate of drug-likeness (QED) is 0.766. The van der Waals surface area contributed by atoms with Crippen LogP contribution in [0.15, 0.2) is 36.5 Å². The van der Waals surface area contributed by atoms with E-state index in [1.807, 2.05) is 29.8 Å². The zero-order valence-electron chi connectivity index (χ0n) is 12.3. The number of aromatic nitrogens is 2. The second-order valence-electron chi connectivity index (χ2n) is 5.52. The van der Waals surface area contributed by atoms with Crippen LogP contribution in [0.3, 0.4) is 0 Å². The first kappa shape index (κ1) is 13.9. The van der Waals surface area contributed by atoms with Gasteiger partial charge in [0, 0.05) is 0 Å². The van der Waals surface area contributed by atoms with E-state index in [1.165, 1.54) is 18.4 Å². The summed E-state index contributed by atoms with van der Waals surface area (Å²) in [5.41, 5.74) is 2.83. The molecule has 1 fully saturated rings. The first-order valence-electron chi connectivity index (χ1n) is 7.53. The Hall–Kier alpha value is -2.10. The smallest absolute Gasteiger partial charge is 0.341 e. The molecule has 0 aliphatic heterocycles. The number of benzene rings is 1. The molecule has 1 aliphatic rings. The molecule has 4 nitrogen and oxygen atoms in total. The molecule has 0 amide bonds. The van der Waals surface area contributed by atoms with Crippen molar-refractivity contribution < 1.29 is 9.53 Å². The van der Waals surface area contributed by atoms with Crippen LogP contribution in [0, 0.1) is 5.92 Å². The Kier molecular flexibility index (Phi) is 4.04. The third kappa shape index (κ3) is 3.32. The Morgan fingerprint density at radius 3 is 2.76 bits per heavy atom. The number of nitrogens with zero attached hydrogens (tertiary/aromatic N) is 2. The molecule has 110 valence electrons. The average Bonchev–Trinajstić information content (AvgIpc) is 3.22. The van der Waals surface area contributed by atoms with Gasteiger partial charge in [-0.2, -0.15) is 5.10 Å². The third-order valence-corrected chi connectivity index (χ3v) is 3.80. The number of hydrogen-bond donors (Lipinski definition) is 0. The summed E-state index contributed by atoms with van der Waals surface area (Å²) >= 11 is 0. The normalized spacial score (nSPS) is 14.1. The van der Waals surface area contributed by atoms with Crippen molar-refractivity contribution in [3.63, 3.8) is 0 Å². The van der Waals surface area contributed by atoms with Crippen LogP contribution >= 0.6 is 0 Å². The van der Waals surface area contributed by atoms with E-state index in [0.717, 1.165) is 12.1 Å². The fourth-order valence-corrected chi connectivity index (χ4v) is 2.49. The molecular weight excluding hydrogens is 264 g/mol. The zero-order valence-corrected chi connectivity index (χ0v) is 12.3. The third-order valence-electron chi connectivity index (χ3n) is 3.80. The summed E-state index contributed by atoms with van der Waals surface area (Å²) in [5, 5.41) is 4.41. The van der Waals surface area contributed by atoms with Gasteiger partial charge >= 0.3 is 5.97 Å². The number of carbonyl (C=O) groups is 1. The standard InChI is InChI=1S/C17H20N2O2/c1-2-21-17(20)15-11-18-19(16(15)10-13-8-9-13)12-14-6-4-3-5-7-14/h3-7,11,13H,2,8-10,12H2,1H3. The molecule has 4 heteroatoms. The molecule has 21 heavy (non-hydrogen) atoms. The molecule has 0 spiro atoms. The van der Waals surface area contributed by atoms with Gasteiger partial charge in [0.25, 0.3) is 0 Å². The summed E-state index contributed by atoms with van der Waals surface area (Å²) in [6, 6.07) is 10.2. The summed E-state index contributed by atoms with van der Waals surface area (Å²) in [6.07, 6.45) is 5.07. The molecule has 0 saturated heterocycles. The van der Waals surface area contributed by atoms with Gasteiger partial charge in [0.05, 0.1) is 25.0 Å². The molecular formula is C17H20N2O2. The second kappa shape index (κ2) is 6.12. The fourth-order valence-electron chi connectivity index (χ4n) is 2.49. The maximum Gasteiger partial charge on any atom is 0.341 e. The Morgan fingerprint density at radius 1 is 1.33 bits per heavy atom. The molecule has 3 rings (SSSR count). The second-order valence-corrected chi connectivity index (χ2v) is 5.52. The van der Waals surface area contributed by atoms with Crippen molar-refractivity contribution in [2.75, 3.05) is 6.61 Å². The maximum atomic E-state index is 12.1. The van der Waals surface area contributed by atoms with Crippen LogP contribution in [0.1, 0.15) is 41.4 Å². The van der Waals surface area contributed by atoms with Crippen LogP contribution in [0.5, 0.6) is 0 Å². The maximum absolute atomic E-state index is 12.1. The van der Waals surface area contributed by atoms with E-state index in [4.69, 9.17) is 4.74 Å². The lowest BCUT2D eigenvalue weighted by atomic mass is 10.1. The average molecular weight is 284 g/mol. The van der Waals surface area contributed by atoms with Gasteiger partial charge in [0.1, 0.15) is 5.56 Å². The van der Waals surface area contributed by atoms with Gasteiger partial charge in [-0.25, -0.2) is 4.79 Å². The lowest BCUT2D eigenvalue weighted by Crippen LogP contribution is -2.12. The van der Waals surface area contributed by atoms with Crippen LogP contribution in [-0.2, 0) is 17.7 Å². The topological polar surface area (TPSA) is 44.1 Å². The molecule has 1 aromatic carbocycles.